The number of ether oxygens (including phenoxy) is 1. The van der Waals surface area contributed by atoms with E-state index in [1.165, 1.54) is 0 Å². The minimum Gasteiger partial charge on any atom is -0.390 e. The lowest BCUT2D eigenvalue weighted by molar-refractivity contribution is -0.0720. The van der Waals surface area contributed by atoms with Gasteiger partial charge in [0.1, 0.15) is 18.2 Å². The van der Waals surface area contributed by atoms with Crippen molar-refractivity contribution in [1.82, 2.24) is 14.5 Å². The van der Waals surface area contributed by atoms with Crippen LogP contribution < -0.4 is 0 Å². The molecule has 0 radical (unpaired) electrons. The third-order valence-electron chi connectivity index (χ3n) is 4.11. The van der Waals surface area contributed by atoms with Crippen molar-refractivity contribution in [2.45, 2.75) is 52.0 Å². The number of hydrogen-bond donors (Lipinski definition) is 1. The molecule has 1 fully saturated rings. The second kappa shape index (κ2) is 5.14. The second-order valence-electron chi connectivity index (χ2n) is 5.86. The van der Waals surface area contributed by atoms with Gasteiger partial charge in [0.2, 0.25) is 0 Å². The van der Waals surface area contributed by atoms with E-state index in [1.807, 2.05) is 33.0 Å². The highest BCUT2D eigenvalue weighted by molar-refractivity contribution is 5.78. The van der Waals surface area contributed by atoms with E-state index in [2.05, 4.69) is 14.5 Å². The molecule has 0 aromatic carbocycles. The monoisotopic (exact) mass is 275 g/mol. The molecular formula is C15H21N3O2. The molecular weight excluding hydrogens is 254 g/mol. The van der Waals surface area contributed by atoms with Crippen molar-refractivity contribution in [3.8, 4) is 0 Å². The number of aromatic nitrogens is 3. The van der Waals surface area contributed by atoms with E-state index in [0.29, 0.717) is 0 Å². The maximum absolute atomic E-state index is 10.1. The van der Waals surface area contributed by atoms with Gasteiger partial charge in [0.05, 0.1) is 17.9 Å². The summed E-state index contributed by atoms with van der Waals surface area (Å²) in [5.74, 6) is 0.213. The highest BCUT2D eigenvalue weighted by Gasteiger charge is 2.33. The maximum Gasteiger partial charge on any atom is 0.145 e. The van der Waals surface area contributed by atoms with E-state index >= 15 is 0 Å². The van der Waals surface area contributed by atoms with Gasteiger partial charge in [-0.25, -0.2) is 9.97 Å². The Balaban J connectivity index is 1.85. The van der Waals surface area contributed by atoms with Gasteiger partial charge >= 0.3 is 0 Å². The minimum atomic E-state index is -0.404. The number of rotatable bonds is 3. The third kappa shape index (κ3) is 2.21. The zero-order valence-corrected chi connectivity index (χ0v) is 12.2. The van der Waals surface area contributed by atoms with Crippen LogP contribution in [0.15, 0.2) is 18.6 Å². The minimum absolute atomic E-state index is 0.0415. The highest BCUT2D eigenvalue weighted by atomic mass is 16.5. The van der Waals surface area contributed by atoms with Gasteiger partial charge in [0, 0.05) is 11.6 Å². The molecule has 0 bridgehead atoms. The number of aliphatic hydroxyl groups excluding tert-OH is 1. The number of nitrogens with zero attached hydrogens (tertiary/aromatic N) is 3. The van der Waals surface area contributed by atoms with Gasteiger partial charge in [-0.15, -0.1) is 0 Å². The Bertz CT molecular complexity index is 608. The topological polar surface area (TPSA) is 60.2 Å². The van der Waals surface area contributed by atoms with Crippen LogP contribution in [0.2, 0.25) is 0 Å². The molecule has 1 saturated heterocycles. The first kappa shape index (κ1) is 13.5. The molecule has 0 saturated carbocycles. The van der Waals surface area contributed by atoms with Crippen LogP contribution in [-0.4, -0.2) is 31.8 Å². The van der Waals surface area contributed by atoms with E-state index in [9.17, 15) is 5.11 Å². The van der Waals surface area contributed by atoms with Gasteiger partial charge in [-0.2, -0.15) is 0 Å². The Kier molecular flexibility index (Phi) is 3.48. The van der Waals surface area contributed by atoms with Crippen LogP contribution in [0, 0.1) is 12.8 Å². The van der Waals surface area contributed by atoms with Crippen molar-refractivity contribution < 1.29 is 9.84 Å². The van der Waals surface area contributed by atoms with E-state index in [0.717, 1.165) is 29.6 Å². The van der Waals surface area contributed by atoms with Gasteiger partial charge in [-0.1, -0.05) is 13.8 Å². The van der Waals surface area contributed by atoms with Crippen LogP contribution in [0.5, 0.6) is 0 Å². The fraction of sp³-hybridized carbons (Fsp3) is 0.600. The molecule has 2 aromatic heterocycles. The molecule has 3 rings (SSSR count). The standard InChI is InChI=1S/C15H21N3O2/c1-9(2)14(19)12-4-5-13(20-12)18-7-6-11-10(3)16-8-17-15(11)18/h6-9,12-14,19H,4-5H2,1-3H3. The van der Waals surface area contributed by atoms with E-state index in [4.69, 9.17) is 4.74 Å². The number of fused-ring (bicyclic) bond motifs is 1. The molecule has 108 valence electrons. The van der Waals surface area contributed by atoms with Crippen molar-refractivity contribution in [3.05, 3.63) is 24.3 Å². The van der Waals surface area contributed by atoms with Crippen molar-refractivity contribution >= 4 is 11.0 Å². The lowest BCUT2D eigenvalue weighted by atomic mass is 10.00. The fourth-order valence-corrected chi connectivity index (χ4v) is 2.86. The number of aliphatic hydroxyl groups is 1. The first-order valence-electron chi connectivity index (χ1n) is 7.19. The fourth-order valence-electron chi connectivity index (χ4n) is 2.86. The van der Waals surface area contributed by atoms with Crippen LogP contribution >= 0.6 is 0 Å². The van der Waals surface area contributed by atoms with Crippen molar-refractivity contribution in [3.63, 3.8) is 0 Å². The Morgan fingerprint density at radius 1 is 1.35 bits per heavy atom. The largest absolute Gasteiger partial charge is 0.390 e. The predicted molar refractivity (Wildman–Crippen MR) is 76.3 cm³/mol. The lowest BCUT2D eigenvalue weighted by Gasteiger charge is -2.22. The summed E-state index contributed by atoms with van der Waals surface area (Å²) in [6, 6.07) is 2.03. The van der Waals surface area contributed by atoms with Gasteiger partial charge < -0.3 is 14.4 Å². The smallest absolute Gasteiger partial charge is 0.145 e. The first-order valence-corrected chi connectivity index (χ1v) is 7.19. The molecule has 20 heavy (non-hydrogen) atoms. The van der Waals surface area contributed by atoms with Crippen LogP contribution in [0.25, 0.3) is 11.0 Å². The molecule has 3 atom stereocenters. The number of aryl methyl sites for hydroxylation is 1. The predicted octanol–water partition coefficient (Wildman–Crippen LogP) is 2.43. The van der Waals surface area contributed by atoms with Crippen molar-refractivity contribution in [2.24, 2.45) is 5.92 Å². The van der Waals surface area contributed by atoms with Gasteiger partial charge in [-0.3, -0.25) is 0 Å². The van der Waals surface area contributed by atoms with Crippen molar-refractivity contribution in [1.29, 1.82) is 0 Å². The summed E-state index contributed by atoms with van der Waals surface area (Å²) < 4.78 is 8.08. The lowest BCUT2D eigenvalue weighted by Crippen LogP contribution is -2.30. The molecule has 0 spiro atoms. The van der Waals surface area contributed by atoms with Crippen LogP contribution in [0.1, 0.15) is 38.6 Å². The molecule has 3 heterocycles. The Morgan fingerprint density at radius 2 is 2.15 bits per heavy atom. The summed E-state index contributed by atoms with van der Waals surface area (Å²) in [7, 11) is 0. The van der Waals surface area contributed by atoms with Gasteiger partial charge in [-0.05, 0) is 31.7 Å². The summed E-state index contributed by atoms with van der Waals surface area (Å²) in [6.45, 7) is 6.02. The van der Waals surface area contributed by atoms with Gasteiger partial charge in [0.25, 0.3) is 0 Å². The molecule has 5 heteroatoms. The SMILES string of the molecule is Cc1ncnc2c1ccn2C1CCC(C(O)C(C)C)O1. The molecule has 1 aliphatic heterocycles. The summed E-state index contributed by atoms with van der Waals surface area (Å²) in [5.41, 5.74) is 1.88. The maximum atomic E-state index is 10.1. The average Bonchev–Trinajstić information content (AvgIpc) is 3.04. The quantitative estimate of drug-likeness (QED) is 0.934. The third-order valence-corrected chi connectivity index (χ3v) is 4.11. The number of hydrogen-bond acceptors (Lipinski definition) is 4. The normalized spacial score (nSPS) is 24.6. The van der Waals surface area contributed by atoms with Crippen LogP contribution in [-0.2, 0) is 4.74 Å². The van der Waals surface area contributed by atoms with Gasteiger partial charge in [0.15, 0.2) is 0 Å². The van der Waals surface area contributed by atoms with E-state index < -0.39 is 6.10 Å². The summed E-state index contributed by atoms with van der Waals surface area (Å²) in [6.07, 6.45) is 4.85. The van der Waals surface area contributed by atoms with Crippen LogP contribution in [0.3, 0.4) is 0 Å². The van der Waals surface area contributed by atoms with Crippen LogP contribution in [0.4, 0.5) is 0 Å². The molecule has 5 nitrogen and oxygen atoms in total. The Labute approximate surface area is 118 Å². The molecule has 3 unspecified atom stereocenters. The first-order chi connectivity index (χ1) is 9.58. The molecule has 0 aliphatic carbocycles. The molecule has 1 N–H and O–H groups in total. The van der Waals surface area contributed by atoms with E-state index in [1.54, 1.807) is 6.33 Å². The Hall–Kier alpha value is -1.46. The molecule has 0 amide bonds. The second-order valence-corrected chi connectivity index (χ2v) is 5.86. The summed E-state index contributed by atoms with van der Waals surface area (Å²) in [4.78, 5) is 8.57. The molecule has 1 aliphatic rings. The van der Waals surface area contributed by atoms with Crippen molar-refractivity contribution in [2.75, 3.05) is 0 Å². The summed E-state index contributed by atoms with van der Waals surface area (Å²) >= 11 is 0. The molecule has 2 aromatic rings. The Morgan fingerprint density at radius 3 is 2.90 bits per heavy atom. The zero-order valence-electron chi connectivity index (χ0n) is 12.2. The zero-order chi connectivity index (χ0) is 14.3. The van der Waals surface area contributed by atoms with E-state index in [-0.39, 0.29) is 18.2 Å². The summed E-state index contributed by atoms with van der Waals surface area (Å²) in [5, 5.41) is 11.2. The highest BCUT2D eigenvalue weighted by Crippen LogP contribution is 2.33. The average molecular weight is 275 g/mol.